The number of amides is 2. The van der Waals surface area contributed by atoms with Crippen molar-refractivity contribution in [2.75, 3.05) is 22.5 Å². The second-order valence-electron chi connectivity index (χ2n) is 10.5. The van der Waals surface area contributed by atoms with E-state index >= 15 is 0 Å². The largest absolute Gasteiger partial charge is 0.465 e. The number of fused-ring (bicyclic) bond motifs is 1. The average Bonchev–Trinajstić information content (AvgIpc) is 3.42. The van der Waals surface area contributed by atoms with Crippen molar-refractivity contribution in [1.29, 1.82) is 0 Å². The maximum Gasteiger partial charge on any atom is 0.407 e. The number of carbonyl (C=O) groups excluding carboxylic acids is 1. The number of hydrogen-bond acceptors (Lipinski definition) is 8. The molecule has 2 amide bonds. The quantitative estimate of drug-likeness (QED) is 0.226. The van der Waals surface area contributed by atoms with Gasteiger partial charge in [-0.3, -0.25) is 9.78 Å². The molecule has 4 aromatic rings. The summed E-state index contributed by atoms with van der Waals surface area (Å²) in [6, 6.07) is 3.64. The third kappa shape index (κ3) is 6.05. The molecule has 0 radical (unpaired) electrons. The molecule has 2 aliphatic carbocycles. The average molecular weight is 563 g/mol. The number of carbonyl (C=O) groups is 2. The highest BCUT2D eigenvalue weighted by molar-refractivity contribution is 6.03. The lowest BCUT2D eigenvalue weighted by Gasteiger charge is -2.35. The number of carboxylic acid groups (broad SMARTS) is 1. The van der Waals surface area contributed by atoms with E-state index in [2.05, 4.69) is 36.0 Å². The standard InChI is InChI=1S/C27H31FN10O3/c28-20-14-29-8-7-21(20)34-26(39)23-15-31-25-22(32-17-1-2-17)13-24(35-38(23)25)33-18-3-5-19(6-4-18)37(27(40)41)12-11-36-10-9-30-16-36/h7-10,13-19,32H,1-6,11-12H2,(H,33,35)(H,40,41)(H,29,34,39)/t18-,19-. The first-order valence-electron chi connectivity index (χ1n) is 13.7. The normalized spacial score (nSPS) is 18.7. The minimum Gasteiger partial charge on any atom is -0.465 e. The second-order valence-corrected chi connectivity index (χ2v) is 10.5. The second kappa shape index (κ2) is 11.4. The van der Waals surface area contributed by atoms with Crippen LogP contribution in [0.5, 0.6) is 0 Å². The fourth-order valence-corrected chi connectivity index (χ4v) is 5.23. The molecule has 214 valence electrons. The van der Waals surface area contributed by atoms with Crippen LogP contribution in [0.4, 0.5) is 26.4 Å². The van der Waals surface area contributed by atoms with E-state index in [0.717, 1.165) is 50.4 Å². The summed E-state index contributed by atoms with van der Waals surface area (Å²) in [4.78, 5) is 38.7. The molecule has 41 heavy (non-hydrogen) atoms. The number of nitrogens with zero attached hydrogens (tertiary/aromatic N) is 7. The highest BCUT2D eigenvalue weighted by Gasteiger charge is 2.30. The molecule has 0 atom stereocenters. The number of halogens is 1. The van der Waals surface area contributed by atoms with Gasteiger partial charge in [0.15, 0.2) is 17.2 Å². The molecule has 4 N–H and O–H groups in total. The van der Waals surface area contributed by atoms with Gasteiger partial charge >= 0.3 is 6.09 Å². The van der Waals surface area contributed by atoms with Gasteiger partial charge in [-0.1, -0.05) is 0 Å². The van der Waals surface area contributed by atoms with Gasteiger partial charge in [-0.15, -0.1) is 5.10 Å². The Morgan fingerprint density at radius 1 is 1.02 bits per heavy atom. The van der Waals surface area contributed by atoms with Crippen molar-refractivity contribution in [3.63, 3.8) is 0 Å². The van der Waals surface area contributed by atoms with Crippen LogP contribution in [0.15, 0.2) is 49.4 Å². The van der Waals surface area contributed by atoms with E-state index in [1.54, 1.807) is 12.5 Å². The molecule has 2 saturated carbocycles. The van der Waals surface area contributed by atoms with Gasteiger partial charge in [0.1, 0.15) is 5.82 Å². The van der Waals surface area contributed by atoms with E-state index < -0.39 is 17.8 Å². The Morgan fingerprint density at radius 3 is 2.51 bits per heavy atom. The zero-order chi connectivity index (χ0) is 28.3. The maximum atomic E-state index is 14.1. The van der Waals surface area contributed by atoms with Gasteiger partial charge in [0, 0.05) is 55.9 Å². The molecular formula is C27H31FN10O3. The molecule has 0 aliphatic heterocycles. The zero-order valence-corrected chi connectivity index (χ0v) is 22.3. The molecule has 0 saturated heterocycles. The van der Waals surface area contributed by atoms with Gasteiger partial charge in [0.25, 0.3) is 5.91 Å². The summed E-state index contributed by atoms with van der Waals surface area (Å²) >= 11 is 0. The van der Waals surface area contributed by atoms with Crippen LogP contribution in [0.25, 0.3) is 5.65 Å². The fourth-order valence-electron chi connectivity index (χ4n) is 5.23. The van der Waals surface area contributed by atoms with Crippen molar-refractivity contribution in [2.45, 2.75) is 63.2 Å². The predicted molar refractivity (Wildman–Crippen MR) is 148 cm³/mol. The van der Waals surface area contributed by atoms with E-state index in [1.807, 2.05) is 16.8 Å². The summed E-state index contributed by atoms with van der Waals surface area (Å²) in [6.45, 7) is 0.956. The number of rotatable bonds is 10. The Hall–Kier alpha value is -4.75. The molecule has 4 aromatic heterocycles. The molecule has 0 aromatic carbocycles. The van der Waals surface area contributed by atoms with Crippen molar-refractivity contribution in [2.24, 2.45) is 0 Å². The summed E-state index contributed by atoms with van der Waals surface area (Å²) in [7, 11) is 0. The van der Waals surface area contributed by atoms with E-state index in [9.17, 15) is 19.1 Å². The fraction of sp³-hybridized carbons (Fsp3) is 0.407. The first kappa shape index (κ1) is 26.5. The van der Waals surface area contributed by atoms with Crippen LogP contribution in [-0.2, 0) is 6.54 Å². The SMILES string of the molecule is O=C(Nc1ccncc1F)c1cnc2c(NC3CC3)cc(N[C@H]3CC[C@H](N(CCn4ccnc4)C(=O)O)CC3)nn12. The Labute approximate surface area is 234 Å². The van der Waals surface area contributed by atoms with Gasteiger partial charge in [0.05, 0.1) is 30.1 Å². The lowest BCUT2D eigenvalue weighted by atomic mass is 9.90. The third-order valence-corrected chi connectivity index (χ3v) is 7.55. The summed E-state index contributed by atoms with van der Waals surface area (Å²) in [5, 5.41) is 24.0. The lowest BCUT2D eigenvalue weighted by molar-refractivity contribution is 0.101. The molecule has 0 bridgehead atoms. The van der Waals surface area contributed by atoms with E-state index in [1.165, 1.54) is 27.9 Å². The molecule has 2 aliphatic rings. The molecule has 4 heterocycles. The molecule has 2 fully saturated rings. The van der Waals surface area contributed by atoms with Crippen molar-refractivity contribution in [3.05, 3.63) is 61.0 Å². The van der Waals surface area contributed by atoms with E-state index in [0.29, 0.717) is 30.6 Å². The van der Waals surface area contributed by atoms with Gasteiger partial charge in [0.2, 0.25) is 0 Å². The van der Waals surface area contributed by atoms with Crippen LogP contribution in [0.3, 0.4) is 0 Å². The molecule has 6 rings (SSSR count). The maximum absolute atomic E-state index is 14.1. The van der Waals surface area contributed by atoms with E-state index in [-0.39, 0.29) is 23.5 Å². The smallest absolute Gasteiger partial charge is 0.407 e. The predicted octanol–water partition coefficient (Wildman–Crippen LogP) is 3.69. The van der Waals surface area contributed by atoms with Crippen LogP contribution in [-0.4, -0.2) is 75.8 Å². The Bertz CT molecular complexity index is 1530. The third-order valence-electron chi connectivity index (χ3n) is 7.55. The van der Waals surface area contributed by atoms with Crippen molar-refractivity contribution in [3.8, 4) is 0 Å². The van der Waals surface area contributed by atoms with E-state index in [4.69, 9.17) is 0 Å². The number of hydrogen-bond donors (Lipinski definition) is 4. The van der Waals surface area contributed by atoms with Gasteiger partial charge < -0.3 is 30.5 Å². The Balaban J connectivity index is 1.16. The topological polar surface area (TPSA) is 155 Å². The van der Waals surface area contributed by atoms with Crippen LogP contribution >= 0.6 is 0 Å². The van der Waals surface area contributed by atoms with Gasteiger partial charge in [-0.25, -0.2) is 23.7 Å². The van der Waals surface area contributed by atoms with Crippen LogP contribution in [0.1, 0.15) is 49.0 Å². The number of anilines is 3. The molecule has 13 nitrogen and oxygen atoms in total. The monoisotopic (exact) mass is 562 g/mol. The van der Waals surface area contributed by atoms with Crippen LogP contribution < -0.4 is 16.0 Å². The number of imidazole rings is 2. The van der Waals surface area contributed by atoms with Crippen LogP contribution in [0, 0.1) is 5.82 Å². The van der Waals surface area contributed by atoms with Crippen molar-refractivity contribution < 1.29 is 19.1 Å². The van der Waals surface area contributed by atoms with Crippen molar-refractivity contribution >= 4 is 34.8 Å². The molecule has 0 spiro atoms. The Kier molecular flexibility index (Phi) is 7.35. The minimum absolute atomic E-state index is 0.0164. The van der Waals surface area contributed by atoms with Crippen molar-refractivity contribution in [1.82, 2.24) is 34.0 Å². The molecule has 14 heteroatoms. The summed E-state index contributed by atoms with van der Waals surface area (Å²) in [5.74, 6) is -0.615. The van der Waals surface area contributed by atoms with Gasteiger partial charge in [-0.2, -0.15) is 0 Å². The lowest BCUT2D eigenvalue weighted by Crippen LogP contribution is -2.44. The summed E-state index contributed by atoms with van der Waals surface area (Å²) in [6.07, 6.45) is 13.2. The molecular weight excluding hydrogens is 531 g/mol. The summed E-state index contributed by atoms with van der Waals surface area (Å²) in [5.41, 5.74) is 1.44. The Morgan fingerprint density at radius 2 is 1.80 bits per heavy atom. The van der Waals surface area contributed by atoms with Crippen LogP contribution in [0.2, 0.25) is 0 Å². The summed E-state index contributed by atoms with van der Waals surface area (Å²) < 4.78 is 17.4. The number of aromatic nitrogens is 6. The highest BCUT2D eigenvalue weighted by Crippen LogP contribution is 2.30. The zero-order valence-electron chi connectivity index (χ0n) is 22.3. The highest BCUT2D eigenvalue weighted by atomic mass is 19.1. The minimum atomic E-state index is -0.915. The number of nitrogens with one attached hydrogen (secondary N) is 3. The first-order chi connectivity index (χ1) is 19.9. The first-order valence-corrected chi connectivity index (χ1v) is 13.7. The molecule has 0 unspecified atom stereocenters. The number of pyridine rings is 1. The van der Waals surface area contributed by atoms with Gasteiger partial charge in [-0.05, 0) is 44.6 Å².